The smallest absolute Gasteiger partial charge is 0.871 e. The van der Waals surface area contributed by atoms with Crippen LogP contribution in [0.1, 0.15) is 185 Å². The van der Waals surface area contributed by atoms with Crippen molar-refractivity contribution in [1.29, 1.82) is 0 Å². The largest absolute Gasteiger partial charge is 3.00 e. The van der Waals surface area contributed by atoms with E-state index in [0.717, 1.165) is 16.7 Å². The van der Waals surface area contributed by atoms with Crippen molar-refractivity contribution < 1.29 is 126 Å². The molecule has 14 N–H and O–H groups in total. The Morgan fingerprint density at radius 1 is 0.414 bits per heavy atom. The van der Waals surface area contributed by atoms with Gasteiger partial charge in [0.15, 0.2) is 0 Å². The Balaban J connectivity index is 0.0000175. The second-order valence-electron chi connectivity index (χ2n) is 34.1. The first kappa shape index (κ1) is 105. The number of carbonyl (C=O) groups excluding carboxylic acids is 14. The average Bonchev–Trinajstić information content (AvgIpc) is 1.60. The molecule has 9 aromatic rings. The standard InChI is InChI=1S/C100H117N21O18.Tb/c122-83(32-14-33-84(123)102-48-57-120-64-69(114-115-120)62-110-85(124)38-39-86(125)113-81-30-15-49-121(82-31-7-6-21-72(81)82)100(139)66-34-36-67(37-35-66)111-98(137)71-20-5-4-19-70(71)65-16-2-1-3-17-65)101-40-9-8-18-68-63-119-56-47-109-96(135)78-27-12-26-77(89(78)128)93(132)105-43-52-117(53-44-108-97(136)79-28-13-29-80(90(79)129)99(138)112-68)59-58-116-50-41-103-91(130)73-22-10-24-75(87(73)126)94(133)106-45-54-118(60-61-119)55-46-107-95(134)76-25-11-23-74(88(76)127)92(131)104-42-51-116;/h1-7,10-13,16-17,19-29,31,34-37,64,68,81,126-129H,8-9,14-15,18,30,32-33,38-63H2,(H,101,122)(H,102,123)(H,103,130)(H,104,131)(H,105,132)(H,106,133)(H,107,134)(H,108,136)(H,109,135)(H,110,124)(H,111,137)(H,112,138)(H,113,125);/q;+3/p-3/t68-,81?;/m0./s1. The summed E-state index contributed by atoms with van der Waals surface area (Å²) < 4.78 is 1.50. The van der Waals surface area contributed by atoms with E-state index >= 15 is 0 Å². The van der Waals surface area contributed by atoms with Gasteiger partial charge in [-0.3, -0.25) is 91.4 Å². The first-order valence-electron chi connectivity index (χ1n) is 46.7. The van der Waals surface area contributed by atoms with Gasteiger partial charge in [0.1, 0.15) is 11.4 Å². The van der Waals surface area contributed by atoms with Crippen LogP contribution in [0.15, 0.2) is 182 Å². The number of rotatable bonds is 22. The number of benzene rings is 8. The second kappa shape index (κ2) is 52.5. The van der Waals surface area contributed by atoms with Crippen LogP contribution in [0.25, 0.3) is 11.1 Å². The molecule has 3 unspecified atom stereocenters. The first-order valence-corrected chi connectivity index (χ1v) is 46.7. The van der Waals surface area contributed by atoms with Crippen molar-refractivity contribution in [2.45, 2.75) is 89.4 Å². The van der Waals surface area contributed by atoms with E-state index in [1.54, 1.807) is 41.4 Å². The molecule has 14 amide bonds. The number of aromatic hydroxyl groups is 1. The molecule has 0 radical (unpaired) electrons. The Morgan fingerprint density at radius 3 is 1.36 bits per heavy atom. The monoisotopic (exact) mass is 2060 g/mol. The van der Waals surface area contributed by atoms with Crippen molar-refractivity contribution >= 4 is 94.1 Å². The molecule has 0 fully saturated rings. The number of nitrogens with zero attached hydrogens (tertiary/aromatic N) is 8. The van der Waals surface area contributed by atoms with Crippen molar-refractivity contribution in [3.05, 3.63) is 249 Å². The molecular formula is C100H114N21O18Tb. The average molecular weight is 2060 g/mol. The summed E-state index contributed by atoms with van der Waals surface area (Å²) in [6.07, 6.45) is 3.67. The van der Waals surface area contributed by atoms with Gasteiger partial charge in [-0.15, -0.1) is 5.10 Å². The van der Waals surface area contributed by atoms with Crippen LogP contribution in [0.4, 0.5) is 11.4 Å². The Morgan fingerprint density at radius 2 is 0.843 bits per heavy atom. The van der Waals surface area contributed by atoms with Crippen LogP contribution in [-0.4, -0.2) is 272 Å². The number of nitrogens with one attached hydrogen (secondary N) is 13. The van der Waals surface area contributed by atoms with E-state index in [1.807, 2.05) is 92.4 Å². The van der Waals surface area contributed by atoms with Gasteiger partial charge in [0.25, 0.3) is 59.1 Å². The van der Waals surface area contributed by atoms with E-state index in [9.17, 15) is 87.5 Å². The molecule has 5 aliphatic rings. The number of phenols is 1. The van der Waals surface area contributed by atoms with E-state index in [1.165, 1.54) is 77.5 Å². The van der Waals surface area contributed by atoms with Gasteiger partial charge in [0.2, 0.25) is 23.6 Å². The quantitative estimate of drug-likeness (QED) is 0.0434. The summed E-state index contributed by atoms with van der Waals surface area (Å²) in [5.41, 5.74) is 2.65. The number of hydrogen-bond donors (Lipinski definition) is 14. The SMILES string of the molecule is O=C(CCCC(=O)NCCn1cc(CNC(=O)CCC(=O)NC2CCCN(C(=O)c3ccc(NC(=O)c4ccccc4-c4ccccc4)cc3)c3ccccc32)nn1)NCCCC[C@H]1CN2CCNC(=O)c3cccc(c3[O-])C(=O)NCCN(CCNC(=O)c3cccc(c3O)C(=O)N1)CCN1CCNC(=O)c3cccc(c3[O-])C(=O)NCCN(CCNC(=O)c3cccc(c3[O-])C(=O)NCC1)CC2.[Tb+3]. The maximum atomic E-state index is 14.8. The molecule has 5 aliphatic heterocycles. The third-order valence-corrected chi connectivity index (χ3v) is 24.4. The summed E-state index contributed by atoms with van der Waals surface area (Å²) in [5, 5.41) is 99.3. The normalized spacial score (nSPS) is 18.5. The Kier molecular flexibility index (Phi) is 39.3. The van der Waals surface area contributed by atoms with Gasteiger partial charge in [-0.25, -0.2) is 0 Å². The maximum absolute atomic E-state index is 14.8. The molecule has 0 saturated heterocycles. The molecule has 140 heavy (non-hydrogen) atoms. The van der Waals surface area contributed by atoms with Crippen LogP contribution in [0.2, 0.25) is 0 Å². The Bertz CT molecular complexity index is 5840. The Hall–Kier alpha value is -14.2. The summed E-state index contributed by atoms with van der Waals surface area (Å²) in [6.45, 7) is 1.47. The van der Waals surface area contributed by atoms with Crippen molar-refractivity contribution in [2.24, 2.45) is 0 Å². The number of aromatic nitrogens is 3. The number of fused-ring (bicyclic) bond motifs is 17. The Labute approximate surface area is 839 Å². The second-order valence-corrected chi connectivity index (χ2v) is 34.1. The molecular weight excluding hydrogens is 1940 g/mol. The fourth-order valence-corrected chi connectivity index (χ4v) is 16.9. The number of phenolic OH excluding ortho intramolecular Hbond substituents is 1. The molecule has 39 nitrogen and oxygen atoms in total. The minimum atomic E-state index is -0.838. The van der Waals surface area contributed by atoms with E-state index < -0.39 is 88.2 Å². The fourth-order valence-electron chi connectivity index (χ4n) is 16.9. The summed E-state index contributed by atoms with van der Waals surface area (Å²) in [7, 11) is 0. The molecule has 40 heteroatoms. The summed E-state index contributed by atoms with van der Waals surface area (Å²) in [5.74, 6) is -11.2. The minimum Gasteiger partial charge on any atom is -0.871 e. The van der Waals surface area contributed by atoms with Crippen LogP contribution < -0.4 is 89.3 Å². The third-order valence-electron chi connectivity index (χ3n) is 24.4. The number of amides is 14. The number of para-hydroxylation sites is 5. The number of hydrogen-bond acceptors (Lipinski definition) is 24. The van der Waals surface area contributed by atoms with Gasteiger partial charge in [0, 0.05) is 232 Å². The maximum Gasteiger partial charge on any atom is 3.00 e. The zero-order chi connectivity index (χ0) is 98.1. The van der Waals surface area contributed by atoms with Crippen molar-refractivity contribution in [1.82, 2.24) is 98.4 Å². The predicted molar refractivity (Wildman–Crippen MR) is 508 cm³/mol. The van der Waals surface area contributed by atoms with Crippen LogP contribution in [0, 0.1) is 38.6 Å². The number of carbonyl (C=O) groups is 14. The third kappa shape index (κ3) is 29.7. The van der Waals surface area contributed by atoms with Gasteiger partial charge in [0.05, 0.1) is 36.5 Å². The van der Waals surface area contributed by atoms with E-state index in [-0.39, 0.29) is 302 Å². The number of unbranched alkanes of at least 4 members (excludes halogenated alkanes) is 1. The summed E-state index contributed by atoms with van der Waals surface area (Å²) in [6, 6.07) is 46.0. The van der Waals surface area contributed by atoms with Crippen LogP contribution in [-0.2, 0) is 32.3 Å². The van der Waals surface area contributed by atoms with Crippen molar-refractivity contribution in [3.63, 3.8) is 0 Å². The molecule has 0 saturated carbocycles. The molecule has 8 aromatic carbocycles. The topological polar surface area (TPSA) is 532 Å². The number of anilines is 2. The van der Waals surface area contributed by atoms with E-state index in [2.05, 4.69) is 79.4 Å². The molecule has 0 aliphatic carbocycles. The van der Waals surface area contributed by atoms with Crippen molar-refractivity contribution in [3.8, 4) is 34.1 Å². The molecule has 12 bridgehead atoms. The first-order chi connectivity index (χ1) is 67.4. The van der Waals surface area contributed by atoms with Gasteiger partial charge in [-0.1, -0.05) is 150 Å². The molecule has 6 heterocycles. The van der Waals surface area contributed by atoms with Crippen molar-refractivity contribution in [2.75, 3.05) is 154 Å². The zero-order valence-corrected chi connectivity index (χ0v) is 79.5. The van der Waals surface area contributed by atoms with E-state index in [0.29, 0.717) is 60.4 Å². The van der Waals surface area contributed by atoms with Crippen LogP contribution in [0.3, 0.4) is 0 Å². The van der Waals surface area contributed by atoms with Crippen LogP contribution in [0.5, 0.6) is 23.0 Å². The molecule has 1 aromatic heterocycles. The van der Waals surface area contributed by atoms with Gasteiger partial charge >= 0.3 is 38.6 Å². The van der Waals surface area contributed by atoms with E-state index in [4.69, 9.17) is 0 Å². The predicted octanol–water partition coefficient (Wildman–Crippen LogP) is 2.65. The fraction of sp³-hybridized carbons (Fsp3) is 0.360. The molecule has 736 valence electrons. The molecule has 0 spiro atoms. The zero-order valence-electron chi connectivity index (χ0n) is 77.3. The summed E-state index contributed by atoms with van der Waals surface area (Å²) in [4.78, 5) is 202. The van der Waals surface area contributed by atoms with Gasteiger partial charge < -0.3 is 94.4 Å². The summed E-state index contributed by atoms with van der Waals surface area (Å²) >= 11 is 0. The minimum absolute atomic E-state index is 0. The van der Waals surface area contributed by atoms with Gasteiger partial charge in [-0.2, -0.15) is 0 Å². The van der Waals surface area contributed by atoms with Crippen LogP contribution >= 0.6 is 0 Å². The molecule has 14 rings (SSSR count). The molecule has 4 atom stereocenters. The van der Waals surface area contributed by atoms with Gasteiger partial charge in [-0.05, 0) is 104 Å².